The molecule has 0 saturated carbocycles. The van der Waals surface area contributed by atoms with E-state index in [0.717, 1.165) is 38.7 Å². The van der Waals surface area contributed by atoms with Crippen molar-refractivity contribution in [1.29, 1.82) is 0 Å². The van der Waals surface area contributed by atoms with Gasteiger partial charge in [0, 0.05) is 17.1 Å². The van der Waals surface area contributed by atoms with Crippen molar-refractivity contribution in [1.82, 2.24) is 9.97 Å². The highest BCUT2D eigenvalue weighted by molar-refractivity contribution is 7.82. The number of hydrogen-bond acceptors (Lipinski definition) is 4. The summed E-state index contributed by atoms with van der Waals surface area (Å²) in [5.41, 5.74) is 4.57. The van der Waals surface area contributed by atoms with E-state index in [1.165, 1.54) is 0 Å². The topological polar surface area (TPSA) is 80.9 Å². The molecule has 0 spiro atoms. The average Bonchev–Trinajstić information content (AvgIpc) is 2.88. The Morgan fingerprint density at radius 2 is 1.65 bits per heavy atom. The number of aromatic nitrogens is 2. The highest BCUT2D eigenvalue weighted by atomic mass is 35.5. The fourth-order valence-corrected chi connectivity index (χ4v) is 4.80. The molecule has 1 unspecified atom stereocenters. The molecule has 34 heavy (non-hydrogen) atoms. The third kappa shape index (κ3) is 4.43. The Bertz CT molecular complexity index is 1490. The summed E-state index contributed by atoms with van der Waals surface area (Å²) >= 11 is 6.78. The second-order valence-corrected chi connectivity index (χ2v) is 9.14. The zero-order valence-electron chi connectivity index (χ0n) is 18.1. The molecule has 2 aromatic heterocycles. The van der Waals surface area contributed by atoms with Crippen LogP contribution in [0.5, 0.6) is 0 Å². The number of halogens is 1. The molecule has 3 N–H and O–H groups in total. The minimum absolute atomic E-state index is 0.348. The minimum Gasteiger partial charge on any atom is -0.364 e. The fraction of sp³-hybridized carbons (Fsp3) is 0.0370. The second-order valence-electron chi connectivity index (χ2n) is 7.72. The van der Waals surface area contributed by atoms with Crippen LogP contribution in [-0.2, 0) is 17.5 Å². The van der Waals surface area contributed by atoms with Gasteiger partial charge in [0.2, 0.25) is 0 Å². The van der Waals surface area contributed by atoms with E-state index in [2.05, 4.69) is 28.5 Å². The highest BCUT2D eigenvalue weighted by Gasteiger charge is 2.18. The van der Waals surface area contributed by atoms with E-state index in [9.17, 15) is 4.21 Å². The quantitative estimate of drug-likeness (QED) is 0.281. The van der Waals surface area contributed by atoms with Crippen LogP contribution in [0.25, 0.3) is 33.0 Å². The van der Waals surface area contributed by atoms with Crippen LogP contribution in [-0.4, -0.2) is 14.2 Å². The Kier molecular flexibility index (Phi) is 6.36. The van der Waals surface area contributed by atoms with Gasteiger partial charge in [-0.15, -0.1) is 0 Å². The SMILES string of the molecule is NS(=O)c1cccc(-c2c(Cl)nc(NCc3ccccn3)c3c(-c4ccccc4)cccc23)c1. The monoisotopic (exact) mass is 484 g/mol. The molecule has 0 bridgehead atoms. The number of fused-ring (bicyclic) bond motifs is 1. The van der Waals surface area contributed by atoms with E-state index in [0.29, 0.717) is 22.4 Å². The number of anilines is 1. The third-order valence-corrected chi connectivity index (χ3v) is 6.58. The second kappa shape index (κ2) is 9.73. The van der Waals surface area contributed by atoms with E-state index in [-0.39, 0.29) is 0 Å². The Balaban J connectivity index is 1.74. The predicted molar refractivity (Wildman–Crippen MR) is 140 cm³/mol. The third-order valence-electron chi connectivity index (χ3n) is 5.59. The number of pyridine rings is 2. The summed E-state index contributed by atoms with van der Waals surface area (Å²) < 4.78 is 11.9. The summed E-state index contributed by atoms with van der Waals surface area (Å²) in [6.07, 6.45) is 1.77. The summed E-state index contributed by atoms with van der Waals surface area (Å²) in [6.45, 7) is 0.503. The normalized spacial score (nSPS) is 11.9. The molecule has 168 valence electrons. The summed E-state index contributed by atoms with van der Waals surface area (Å²) in [6, 6.07) is 29.4. The van der Waals surface area contributed by atoms with Crippen LogP contribution in [0.4, 0.5) is 5.82 Å². The first-order valence-corrected chi connectivity index (χ1v) is 12.3. The smallest absolute Gasteiger partial charge is 0.139 e. The molecule has 5 aromatic rings. The van der Waals surface area contributed by atoms with Crippen molar-refractivity contribution < 1.29 is 4.21 Å². The van der Waals surface area contributed by atoms with E-state index in [1.807, 2.05) is 60.7 Å². The van der Waals surface area contributed by atoms with Crippen LogP contribution < -0.4 is 10.5 Å². The van der Waals surface area contributed by atoms with Crippen LogP contribution >= 0.6 is 11.6 Å². The molecular formula is C27H21ClN4OS. The number of hydrogen-bond donors (Lipinski definition) is 2. The number of nitrogens with two attached hydrogens (primary N) is 1. The molecule has 3 aromatic carbocycles. The van der Waals surface area contributed by atoms with Crippen molar-refractivity contribution in [2.75, 3.05) is 5.32 Å². The van der Waals surface area contributed by atoms with Gasteiger partial charge < -0.3 is 5.32 Å². The van der Waals surface area contributed by atoms with E-state index in [1.54, 1.807) is 18.3 Å². The average molecular weight is 485 g/mol. The van der Waals surface area contributed by atoms with Gasteiger partial charge in [-0.1, -0.05) is 78.3 Å². The van der Waals surface area contributed by atoms with Crippen LogP contribution in [0.1, 0.15) is 5.69 Å². The minimum atomic E-state index is -1.60. The maximum Gasteiger partial charge on any atom is 0.139 e. The first-order valence-electron chi connectivity index (χ1n) is 10.7. The molecule has 1 atom stereocenters. The van der Waals surface area contributed by atoms with Crippen molar-refractivity contribution in [3.8, 4) is 22.3 Å². The number of rotatable bonds is 6. The zero-order valence-corrected chi connectivity index (χ0v) is 19.7. The molecule has 0 fully saturated rings. The zero-order chi connectivity index (χ0) is 23.5. The molecule has 2 heterocycles. The Morgan fingerprint density at radius 1 is 0.882 bits per heavy atom. The fourth-order valence-electron chi connectivity index (χ4n) is 4.05. The van der Waals surface area contributed by atoms with Crippen molar-refractivity contribution in [2.24, 2.45) is 5.14 Å². The molecule has 0 radical (unpaired) electrons. The maximum atomic E-state index is 11.9. The van der Waals surface area contributed by atoms with Gasteiger partial charge in [0.1, 0.15) is 22.0 Å². The molecule has 0 aliphatic heterocycles. The standard InChI is InChI=1S/C27H21ClN4OS/c28-26-24(19-10-6-12-21(16-19)34(29)33)23-14-7-13-22(18-8-2-1-3-9-18)25(23)27(32-26)31-17-20-11-4-5-15-30-20/h1-16H,17,29H2,(H,31,32). The maximum absolute atomic E-state index is 11.9. The van der Waals surface area contributed by atoms with Crippen LogP contribution in [0.2, 0.25) is 5.15 Å². The number of benzene rings is 3. The molecule has 5 nitrogen and oxygen atoms in total. The van der Waals surface area contributed by atoms with Gasteiger partial charge in [-0.05, 0) is 46.3 Å². The first-order chi connectivity index (χ1) is 16.6. The molecular weight excluding hydrogens is 464 g/mol. The lowest BCUT2D eigenvalue weighted by atomic mass is 9.94. The van der Waals surface area contributed by atoms with Gasteiger partial charge in [0.25, 0.3) is 0 Å². The lowest BCUT2D eigenvalue weighted by Gasteiger charge is -2.17. The number of nitrogens with zero attached hydrogens (tertiary/aromatic N) is 2. The first kappa shape index (κ1) is 22.2. The van der Waals surface area contributed by atoms with Gasteiger partial charge in [0.05, 0.1) is 17.1 Å². The van der Waals surface area contributed by atoms with Gasteiger partial charge in [0.15, 0.2) is 0 Å². The molecule has 0 saturated heterocycles. The van der Waals surface area contributed by atoms with Crippen LogP contribution in [0, 0.1) is 0 Å². The summed E-state index contributed by atoms with van der Waals surface area (Å²) in [5, 5.41) is 11.3. The molecule has 0 aliphatic carbocycles. The van der Waals surface area contributed by atoms with Crippen molar-refractivity contribution >= 4 is 39.2 Å². The molecule has 0 amide bonds. The van der Waals surface area contributed by atoms with E-state index >= 15 is 0 Å². The van der Waals surface area contributed by atoms with Gasteiger partial charge in [-0.3, -0.25) is 4.98 Å². The molecule has 5 rings (SSSR count). The van der Waals surface area contributed by atoms with E-state index in [4.69, 9.17) is 21.7 Å². The Morgan fingerprint density at radius 3 is 2.41 bits per heavy atom. The summed E-state index contributed by atoms with van der Waals surface area (Å²) in [7, 11) is -1.60. The van der Waals surface area contributed by atoms with Crippen LogP contribution in [0.15, 0.2) is 102 Å². The van der Waals surface area contributed by atoms with Crippen molar-refractivity contribution in [2.45, 2.75) is 11.4 Å². The Labute approximate surface area is 205 Å². The summed E-state index contributed by atoms with van der Waals surface area (Å²) in [5.74, 6) is 0.674. The van der Waals surface area contributed by atoms with Gasteiger partial charge in [-0.2, -0.15) is 0 Å². The lowest BCUT2D eigenvalue weighted by Crippen LogP contribution is -2.05. The van der Waals surface area contributed by atoms with Gasteiger partial charge in [-0.25, -0.2) is 14.3 Å². The lowest BCUT2D eigenvalue weighted by molar-refractivity contribution is 0.684. The van der Waals surface area contributed by atoms with E-state index < -0.39 is 11.0 Å². The van der Waals surface area contributed by atoms with Crippen molar-refractivity contribution in [3.05, 3.63) is 108 Å². The molecule has 0 aliphatic rings. The number of nitrogens with one attached hydrogen (secondary N) is 1. The van der Waals surface area contributed by atoms with Crippen molar-refractivity contribution in [3.63, 3.8) is 0 Å². The molecule has 7 heteroatoms. The Hall–Kier alpha value is -3.58. The largest absolute Gasteiger partial charge is 0.364 e. The van der Waals surface area contributed by atoms with Crippen LogP contribution in [0.3, 0.4) is 0 Å². The summed E-state index contributed by atoms with van der Waals surface area (Å²) in [4.78, 5) is 9.70. The predicted octanol–water partition coefficient (Wildman–Crippen LogP) is 6.21. The van der Waals surface area contributed by atoms with Gasteiger partial charge >= 0.3 is 0 Å². The highest BCUT2D eigenvalue weighted by Crippen LogP contribution is 2.42.